The van der Waals surface area contributed by atoms with Gasteiger partial charge in [-0.25, -0.2) is 4.98 Å². The number of benzene rings is 2. The number of fused-ring (bicyclic) bond motifs is 5. The van der Waals surface area contributed by atoms with Crippen LogP contribution in [0, 0.1) is 11.3 Å². The molecule has 7 heteroatoms. The summed E-state index contributed by atoms with van der Waals surface area (Å²) >= 11 is 0. The van der Waals surface area contributed by atoms with Crippen molar-refractivity contribution in [2.75, 3.05) is 20.1 Å². The van der Waals surface area contributed by atoms with E-state index in [0.717, 1.165) is 47.0 Å². The van der Waals surface area contributed by atoms with E-state index in [0.29, 0.717) is 17.7 Å². The number of amides is 1. The first-order valence-corrected chi connectivity index (χ1v) is 11.0. The molecule has 162 valence electrons. The Morgan fingerprint density at radius 1 is 1.12 bits per heavy atom. The van der Waals surface area contributed by atoms with Crippen LogP contribution in [-0.2, 0) is 6.54 Å². The molecule has 7 nitrogen and oxygen atoms in total. The molecule has 1 N–H and O–H groups in total. The highest BCUT2D eigenvalue weighted by Gasteiger charge is 2.26. The smallest absolute Gasteiger partial charge is 0.251 e. The number of imidazole rings is 1. The normalized spacial score (nSPS) is 14.9. The Balaban J connectivity index is 1.37. The number of nitrogens with zero attached hydrogens (tertiary/aromatic N) is 5. The molecule has 2 aromatic heterocycles. The second-order valence-electron chi connectivity index (χ2n) is 8.79. The van der Waals surface area contributed by atoms with Crippen molar-refractivity contribution in [2.45, 2.75) is 12.6 Å². The fourth-order valence-corrected chi connectivity index (χ4v) is 4.74. The average molecular weight is 435 g/mol. The van der Waals surface area contributed by atoms with Crippen molar-refractivity contribution < 1.29 is 4.79 Å². The fourth-order valence-electron chi connectivity index (χ4n) is 4.74. The van der Waals surface area contributed by atoms with Gasteiger partial charge in [-0.15, -0.1) is 0 Å². The van der Waals surface area contributed by atoms with Gasteiger partial charge >= 0.3 is 0 Å². The van der Waals surface area contributed by atoms with Crippen molar-refractivity contribution in [3.05, 3.63) is 83.8 Å². The molecule has 2 aliphatic heterocycles. The van der Waals surface area contributed by atoms with E-state index < -0.39 is 0 Å². The lowest BCUT2D eigenvalue weighted by Crippen LogP contribution is -2.57. The molecule has 4 aromatic rings. The van der Waals surface area contributed by atoms with Gasteiger partial charge in [-0.3, -0.25) is 9.36 Å². The van der Waals surface area contributed by atoms with Gasteiger partial charge in [-0.2, -0.15) is 5.26 Å². The van der Waals surface area contributed by atoms with E-state index in [2.05, 4.69) is 49.7 Å². The lowest BCUT2D eigenvalue weighted by Gasteiger charge is -2.36. The number of hydrogen-bond acceptors (Lipinski definition) is 4. The number of likely N-dealkylation sites (N-methyl/N-ethyl adjacent to an activating group) is 1. The van der Waals surface area contributed by atoms with Gasteiger partial charge in [-0.1, -0.05) is 12.1 Å². The Morgan fingerprint density at radius 3 is 2.70 bits per heavy atom. The molecule has 33 heavy (non-hydrogen) atoms. The highest BCUT2D eigenvalue weighted by atomic mass is 16.1. The predicted octanol–water partition coefficient (Wildman–Crippen LogP) is 3.28. The Morgan fingerprint density at radius 2 is 1.94 bits per heavy atom. The largest absolute Gasteiger partial charge is 0.347 e. The molecular formula is C26H22N6O. The average Bonchev–Trinajstić information content (AvgIpc) is 3.43. The standard InChI is InChI=1S/C26H22N6O/c1-30-15-22(16-30)29-26(33)19-6-7-23-21(10-19)14-31-13-20(18-4-2-17(12-27)3-5-18)11-24(31)25-28-8-9-32(23)25/h2-11,13,22H,14-16H2,1H3,(H,29,33). The van der Waals surface area contributed by atoms with Crippen LogP contribution in [0.5, 0.6) is 0 Å². The molecule has 0 atom stereocenters. The van der Waals surface area contributed by atoms with Crippen LogP contribution in [0.4, 0.5) is 0 Å². The van der Waals surface area contributed by atoms with Gasteiger partial charge in [0.1, 0.15) is 0 Å². The molecule has 4 heterocycles. The van der Waals surface area contributed by atoms with Crippen LogP contribution >= 0.6 is 0 Å². The zero-order valence-corrected chi connectivity index (χ0v) is 18.2. The minimum absolute atomic E-state index is 0.0306. The van der Waals surface area contributed by atoms with E-state index in [1.54, 1.807) is 6.20 Å². The van der Waals surface area contributed by atoms with Gasteiger partial charge in [0.2, 0.25) is 0 Å². The van der Waals surface area contributed by atoms with Crippen LogP contribution in [-0.4, -0.2) is 51.1 Å². The SMILES string of the molecule is CN1CC(NC(=O)c2ccc3c(c2)Cn2cc(-c4ccc(C#N)cc4)cc2-c2nccn2-3)C1. The van der Waals surface area contributed by atoms with E-state index >= 15 is 0 Å². The van der Waals surface area contributed by atoms with Crippen LogP contribution in [0.3, 0.4) is 0 Å². The molecule has 0 unspecified atom stereocenters. The van der Waals surface area contributed by atoms with Gasteiger partial charge in [0.15, 0.2) is 5.82 Å². The molecule has 1 fully saturated rings. The van der Waals surface area contributed by atoms with Crippen LogP contribution in [0.2, 0.25) is 0 Å². The maximum absolute atomic E-state index is 12.8. The van der Waals surface area contributed by atoms with Crippen molar-refractivity contribution in [1.82, 2.24) is 24.3 Å². The zero-order valence-electron chi connectivity index (χ0n) is 18.2. The number of carbonyl (C=O) groups is 1. The summed E-state index contributed by atoms with van der Waals surface area (Å²) in [6.07, 6.45) is 5.88. The number of nitriles is 1. The molecule has 2 aromatic carbocycles. The molecule has 0 aliphatic carbocycles. The summed E-state index contributed by atoms with van der Waals surface area (Å²) in [5.74, 6) is 0.834. The van der Waals surface area contributed by atoms with Crippen LogP contribution < -0.4 is 5.32 Å². The highest BCUT2D eigenvalue weighted by Crippen LogP contribution is 2.34. The van der Waals surface area contributed by atoms with Gasteiger partial charge < -0.3 is 14.8 Å². The predicted molar refractivity (Wildman–Crippen MR) is 125 cm³/mol. The molecular weight excluding hydrogens is 412 g/mol. The fraction of sp³-hybridized carbons (Fsp3) is 0.192. The third kappa shape index (κ3) is 3.32. The Hall–Kier alpha value is -4.15. The van der Waals surface area contributed by atoms with Gasteiger partial charge in [0.25, 0.3) is 5.91 Å². The number of nitrogens with one attached hydrogen (secondary N) is 1. The number of carbonyl (C=O) groups excluding carboxylic acids is 1. The highest BCUT2D eigenvalue weighted by molar-refractivity contribution is 5.95. The third-order valence-electron chi connectivity index (χ3n) is 6.45. The molecule has 1 saturated heterocycles. The number of aromatic nitrogens is 3. The Labute approximate surface area is 191 Å². The minimum Gasteiger partial charge on any atom is -0.347 e. The number of rotatable bonds is 3. The quantitative estimate of drug-likeness (QED) is 0.473. The molecule has 0 saturated carbocycles. The van der Waals surface area contributed by atoms with Crippen LogP contribution in [0.15, 0.2) is 67.1 Å². The maximum atomic E-state index is 12.8. The summed E-state index contributed by atoms with van der Waals surface area (Å²) in [5.41, 5.74) is 6.54. The molecule has 0 radical (unpaired) electrons. The monoisotopic (exact) mass is 434 g/mol. The summed E-state index contributed by atoms with van der Waals surface area (Å²) in [7, 11) is 2.05. The topological polar surface area (TPSA) is 78.9 Å². The molecule has 0 bridgehead atoms. The summed E-state index contributed by atoms with van der Waals surface area (Å²) < 4.78 is 4.26. The van der Waals surface area contributed by atoms with E-state index in [9.17, 15) is 4.79 Å². The van der Waals surface area contributed by atoms with Crippen molar-refractivity contribution in [3.63, 3.8) is 0 Å². The van der Waals surface area contributed by atoms with E-state index in [4.69, 9.17) is 5.26 Å². The van der Waals surface area contributed by atoms with Crippen LogP contribution in [0.25, 0.3) is 28.3 Å². The second-order valence-corrected chi connectivity index (χ2v) is 8.79. The Bertz CT molecular complexity index is 1420. The molecule has 0 spiro atoms. The second kappa shape index (κ2) is 7.47. The van der Waals surface area contributed by atoms with Crippen LogP contribution in [0.1, 0.15) is 21.5 Å². The van der Waals surface area contributed by atoms with E-state index in [1.165, 1.54) is 0 Å². The third-order valence-corrected chi connectivity index (χ3v) is 6.45. The lowest BCUT2D eigenvalue weighted by molar-refractivity contribution is 0.0857. The first-order chi connectivity index (χ1) is 16.1. The maximum Gasteiger partial charge on any atom is 0.251 e. The summed E-state index contributed by atoms with van der Waals surface area (Å²) in [6.45, 7) is 2.41. The number of likely N-dealkylation sites (tertiary alicyclic amines) is 1. The minimum atomic E-state index is -0.0306. The van der Waals surface area contributed by atoms with Gasteiger partial charge in [0.05, 0.1) is 29.1 Å². The van der Waals surface area contributed by atoms with Crippen molar-refractivity contribution in [2.24, 2.45) is 0 Å². The number of hydrogen-bond donors (Lipinski definition) is 1. The zero-order chi connectivity index (χ0) is 22.5. The summed E-state index contributed by atoms with van der Waals surface area (Å²) in [6, 6.07) is 18.0. The first-order valence-electron chi connectivity index (χ1n) is 11.0. The molecule has 2 aliphatic rings. The van der Waals surface area contributed by atoms with E-state index in [1.807, 2.05) is 48.7 Å². The van der Waals surface area contributed by atoms with Crippen molar-refractivity contribution in [3.8, 4) is 34.4 Å². The first kappa shape index (κ1) is 19.5. The summed E-state index contributed by atoms with van der Waals surface area (Å²) in [4.78, 5) is 19.6. The van der Waals surface area contributed by atoms with Gasteiger partial charge in [-0.05, 0) is 54.6 Å². The molecule has 1 amide bonds. The van der Waals surface area contributed by atoms with Gasteiger partial charge in [0, 0.05) is 49.4 Å². The van der Waals surface area contributed by atoms with Crippen molar-refractivity contribution in [1.29, 1.82) is 5.26 Å². The summed E-state index contributed by atoms with van der Waals surface area (Å²) in [5, 5.41) is 12.2. The van der Waals surface area contributed by atoms with Crippen molar-refractivity contribution >= 4 is 5.91 Å². The lowest BCUT2D eigenvalue weighted by atomic mass is 10.1. The van der Waals surface area contributed by atoms with E-state index in [-0.39, 0.29) is 11.9 Å². The Kier molecular flexibility index (Phi) is 4.42. The molecule has 6 rings (SSSR count).